The van der Waals surface area contributed by atoms with E-state index in [-0.39, 0.29) is 11.3 Å². The van der Waals surface area contributed by atoms with E-state index < -0.39 is 33.6 Å². The fourth-order valence-corrected chi connectivity index (χ4v) is 2.34. The van der Waals surface area contributed by atoms with Gasteiger partial charge in [0, 0.05) is 10.0 Å². The molecule has 0 fully saturated rings. The summed E-state index contributed by atoms with van der Waals surface area (Å²) >= 11 is 3.22. The molecule has 122 valence electrons. The molecule has 0 aromatic heterocycles. The van der Waals surface area contributed by atoms with Crippen molar-refractivity contribution >= 4 is 38.6 Å². The first-order valence-corrected chi connectivity index (χ1v) is 8.59. The van der Waals surface area contributed by atoms with Crippen molar-refractivity contribution in [1.29, 1.82) is 0 Å². The molecule has 0 bridgehead atoms. The molecule has 0 heterocycles. The van der Waals surface area contributed by atoms with Crippen molar-refractivity contribution in [2.75, 3.05) is 0 Å². The van der Waals surface area contributed by atoms with E-state index in [0.29, 0.717) is 4.47 Å². The molecule has 1 atom stereocenters. The maximum Gasteiger partial charge on any atom is 0.358 e. The third kappa shape index (κ3) is 5.28. The predicted molar refractivity (Wildman–Crippen MR) is 89.8 cm³/mol. The molecule has 1 rings (SSSR count). The van der Waals surface area contributed by atoms with Gasteiger partial charge in [0.2, 0.25) is 0 Å². The van der Waals surface area contributed by atoms with Crippen LogP contribution in [0.4, 0.5) is 4.39 Å². The fraction of sp³-hybridized carbons (Fsp3) is 0.467. The molecule has 7 heteroatoms. The van der Waals surface area contributed by atoms with Crippen molar-refractivity contribution < 1.29 is 18.1 Å². The minimum absolute atomic E-state index is 0.0439. The zero-order valence-electron chi connectivity index (χ0n) is 13.1. The van der Waals surface area contributed by atoms with Gasteiger partial charge in [-0.2, -0.15) is 4.40 Å². The predicted octanol–water partition coefficient (Wildman–Crippen LogP) is 3.79. The molecule has 0 N–H and O–H groups in total. The van der Waals surface area contributed by atoms with Gasteiger partial charge in [0.25, 0.3) is 0 Å². The molecule has 0 aliphatic rings. The third-order valence-electron chi connectivity index (χ3n) is 2.42. The van der Waals surface area contributed by atoms with Crippen molar-refractivity contribution in [3.8, 4) is 0 Å². The molecule has 0 radical (unpaired) electrons. The van der Waals surface area contributed by atoms with Gasteiger partial charge in [0.1, 0.15) is 16.8 Å². The van der Waals surface area contributed by atoms with E-state index >= 15 is 0 Å². The lowest BCUT2D eigenvalue weighted by Crippen LogP contribution is -2.27. The number of benzene rings is 1. The zero-order valence-corrected chi connectivity index (χ0v) is 15.5. The Balaban J connectivity index is 3.40. The van der Waals surface area contributed by atoms with Gasteiger partial charge in [-0.05, 0) is 52.8 Å². The monoisotopic (exact) mass is 391 g/mol. The van der Waals surface area contributed by atoms with E-state index in [1.807, 2.05) is 0 Å². The molecule has 0 spiro atoms. The number of nitrogens with zero attached hydrogens (tertiary/aromatic N) is 1. The molecular formula is C15H19BrFNO3S. The number of rotatable bonds is 4. The van der Waals surface area contributed by atoms with Crippen LogP contribution in [0.3, 0.4) is 0 Å². The molecule has 0 saturated carbocycles. The van der Waals surface area contributed by atoms with Crippen LogP contribution in [0.1, 0.15) is 40.2 Å². The molecule has 1 aromatic carbocycles. The summed E-state index contributed by atoms with van der Waals surface area (Å²) < 4.78 is 35.2. The van der Waals surface area contributed by atoms with Crippen LogP contribution in [0.2, 0.25) is 0 Å². The van der Waals surface area contributed by atoms with E-state index in [2.05, 4.69) is 20.3 Å². The molecule has 22 heavy (non-hydrogen) atoms. The zero-order chi connectivity index (χ0) is 17.1. The van der Waals surface area contributed by atoms with Gasteiger partial charge < -0.3 is 4.74 Å². The quantitative estimate of drug-likeness (QED) is 0.579. The molecule has 4 nitrogen and oxygen atoms in total. The summed E-state index contributed by atoms with van der Waals surface area (Å²) in [6.07, 6.45) is -0.393. The first kappa shape index (κ1) is 19.0. The van der Waals surface area contributed by atoms with E-state index in [1.54, 1.807) is 34.6 Å². The highest BCUT2D eigenvalue weighted by atomic mass is 79.9. The standard InChI is InChI=1S/C15H19BrFNO3S/c1-9(2)21-14(19)13(18-22(20)15(3,4)5)11-8-10(16)6-7-12(11)17/h6-9H,1-5H3/t22-/m1/s1. The summed E-state index contributed by atoms with van der Waals surface area (Å²) in [6, 6.07) is 4.12. The topological polar surface area (TPSA) is 55.7 Å². The Morgan fingerprint density at radius 3 is 2.45 bits per heavy atom. The maximum absolute atomic E-state index is 14.1. The second-order valence-electron chi connectivity index (χ2n) is 5.88. The Morgan fingerprint density at radius 2 is 1.95 bits per heavy atom. The average molecular weight is 392 g/mol. The van der Waals surface area contributed by atoms with Gasteiger partial charge >= 0.3 is 5.97 Å². The van der Waals surface area contributed by atoms with Gasteiger partial charge in [-0.1, -0.05) is 15.9 Å². The number of ether oxygens (including phenoxy) is 1. The van der Waals surface area contributed by atoms with Gasteiger partial charge in [-0.15, -0.1) is 0 Å². The van der Waals surface area contributed by atoms with E-state index in [1.165, 1.54) is 18.2 Å². The van der Waals surface area contributed by atoms with Crippen LogP contribution in [0, 0.1) is 5.82 Å². The second kappa shape index (κ2) is 7.46. The lowest BCUT2D eigenvalue weighted by Gasteiger charge is -2.16. The van der Waals surface area contributed by atoms with Crippen molar-refractivity contribution in [2.45, 2.75) is 45.5 Å². The first-order chi connectivity index (χ1) is 10.0. The number of carbonyl (C=O) groups excluding carboxylic acids is 1. The lowest BCUT2D eigenvalue weighted by atomic mass is 10.1. The minimum Gasteiger partial charge on any atom is -0.458 e. The highest BCUT2D eigenvalue weighted by Gasteiger charge is 2.26. The smallest absolute Gasteiger partial charge is 0.358 e. The highest BCUT2D eigenvalue weighted by Crippen LogP contribution is 2.20. The molecular weight excluding hydrogens is 373 g/mol. The Bertz CT molecular complexity index is 624. The number of hydrogen-bond acceptors (Lipinski definition) is 3. The van der Waals surface area contributed by atoms with Gasteiger partial charge in [-0.25, -0.2) is 13.4 Å². The Morgan fingerprint density at radius 1 is 1.36 bits per heavy atom. The van der Waals surface area contributed by atoms with Crippen molar-refractivity contribution in [1.82, 2.24) is 0 Å². The fourth-order valence-electron chi connectivity index (χ4n) is 1.37. The minimum atomic E-state index is -1.71. The van der Waals surface area contributed by atoms with Crippen molar-refractivity contribution in [3.05, 3.63) is 34.1 Å². The van der Waals surface area contributed by atoms with Gasteiger partial charge in [-0.3, -0.25) is 0 Å². The van der Waals surface area contributed by atoms with E-state index in [0.717, 1.165) is 0 Å². The number of halogens is 2. The first-order valence-electron chi connectivity index (χ1n) is 6.69. The SMILES string of the molecule is CC(C)OC(=O)C(=N[S@](=O)C(C)(C)C)c1cc(Br)ccc1F. The molecule has 0 unspecified atom stereocenters. The highest BCUT2D eigenvalue weighted by molar-refractivity contribution is 9.10. The normalized spacial score (nSPS) is 14.1. The molecule has 0 aliphatic carbocycles. The van der Waals surface area contributed by atoms with Crippen LogP contribution >= 0.6 is 15.9 Å². The average Bonchev–Trinajstić information content (AvgIpc) is 2.36. The van der Waals surface area contributed by atoms with Gasteiger partial charge in [0.15, 0.2) is 5.71 Å². The summed E-state index contributed by atoms with van der Waals surface area (Å²) in [5, 5.41) is 0. The second-order valence-corrected chi connectivity index (χ2v) is 8.70. The Kier molecular flexibility index (Phi) is 6.43. The number of carbonyl (C=O) groups is 1. The molecule has 0 amide bonds. The Hall–Kier alpha value is -1.08. The van der Waals surface area contributed by atoms with Crippen LogP contribution in [0.15, 0.2) is 27.1 Å². The lowest BCUT2D eigenvalue weighted by molar-refractivity contribution is -0.138. The van der Waals surface area contributed by atoms with E-state index in [9.17, 15) is 13.4 Å². The third-order valence-corrected chi connectivity index (χ3v) is 4.31. The summed E-state index contributed by atoms with van der Waals surface area (Å²) in [5.41, 5.74) is -0.321. The van der Waals surface area contributed by atoms with Crippen LogP contribution in [-0.2, 0) is 20.5 Å². The molecule has 1 aromatic rings. The summed E-state index contributed by atoms with van der Waals surface area (Å²) in [4.78, 5) is 12.2. The van der Waals surface area contributed by atoms with Gasteiger partial charge in [0.05, 0.1) is 10.9 Å². The Labute approximate surface area is 140 Å². The van der Waals surface area contributed by atoms with Crippen LogP contribution < -0.4 is 0 Å². The molecule has 0 aliphatic heterocycles. The van der Waals surface area contributed by atoms with Crippen LogP contribution in [-0.4, -0.2) is 26.7 Å². The number of hydrogen-bond donors (Lipinski definition) is 0. The van der Waals surface area contributed by atoms with Crippen molar-refractivity contribution in [3.63, 3.8) is 0 Å². The van der Waals surface area contributed by atoms with Crippen molar-refractivity contribution in [2.24, 2.45) is 4.40 Å². The van der Waals surface area contributed by atoms with Crippen LogP contribution in [0.25, 0.3) is 0 Å². The van der Waals surface area contributed by atoms with E-state index in [4.69, 9.17) is 4.74 Å². The summed E-state index contributed by atoms with van der Waals surface area (Å²) in [5.74, 6) is -1.43. The van der Waals surface area contributed by atoms with Crippen LogP contribution in [0.5, 0.6) is 0 Å². The number of esters is 1. The summed E-state index contributed by atoms with van der Waals surface area (Å²) in [6.45, 7) is 8.50. The largest absolute Gasteiger partial charge is 0.458 e. The molecule has 0 saturated heterocycles. The summed E-state index contributed by atoms with van der Waals surface area (Å²) in [7, 11) is -1.71. The maximum atomic E-state index is 14.1.